The van der Waals surface area contributed by atoms with Crippen LogP contribution in [-0.4, -0.2) is 365 Å². The lowest BCUT2D eigenvalue weighted by Crippen LogP contribution is -2.67. The number of aliphatic carboxylic acids is 1. The minimum Gasteiger partial charge on any atom is -0.480 e. The zero-order chi connectivity index (χ0) is 87.2. The Kier molecular flexibility index (Phi) is 69.2. The number of nitrogens with one attached hydrogen (secondary N) is 1. The van der Waals surface area contributed by atoms with E-state index in [4.69, 9.17) is 18.8 Å². The first-order valence-corrected chi connectivity index (χ1v) is 46.9. The molecule has 0 aromatic carbocycles. The van der Waals surface area contributed by atoms with Crippen LogP contribution in [0.15, 0.2) is 0 Å². The van der Waals surface area contributed by atoms with E-state index in [1.54, 1.807) is 0 Å². The molecule has 668 valence electrons. The summed E-state index contributed by atoms with van der Waals surface area (Å²) in [4.78, 5) is 39.7. The molecule has 0 saturated carbocycles. The highest BCUT2D eigenvalue weighted by Gasteiger charge is 2.59. The van der Waals surface area contributed by atoms with Crippen LogP contribution in [0, 0.1) is 0 Å². The Balaban J connectivity index is -0.000000435. The van der Waals surface area contributed by atoms with Crippen LogP contribution in [0.5, 0.6) is 0 Å². The van der Waals surface area contributed by atoms with Gasteiger partial charge >= 0.3 is 78.8 Å². The van der Waals surface area contributed by atoms with E-state index in [9.17, 15) is 101 Å². The minimum atomic E-state index is -6.16. The van der Waals surface area contributed by atoms with Crippen molar-refractivity contribution < 1.29 is 149 Å². The second-order valence-corrected chi connectivity index (χ2v) is 31.3. The van der Waals surface area contributed by atoms with Crippen molar-refractivity contribution in [3.63, 3.8) is 0 Å². The maximum atomic E-state index is 12.1. The average Bonchev–Trinajstić information content (AvgIpc) is 0.758. The number of carboxylic acids is 1. The van der Waals surface area contributed by atoms with Gasteiger partial charge in [-0.15, -0.1) is 11.8 Å². The van der Waals surface area contributed by atoms with E-state index >= 15 is 0 Å². The SMILES string of the molecule is CC(=O)NC(CCS[C@@H]1O[C@H](COS(=O)(=O)O)[C@@H](O[C@H]2O[C@H](COS(=O)(=O)O)[C@@H](OS(=O)(=O)O)[C@H](OS(=O)(=O)O)[C@H]2OS(=O)(=O)O)[C@H](OS(=O)(=O)O)[C@H]1OS(=O)(=O)O)C(=O)O.CCN(CC)CC.CCN(CC)CC.CCN(CC)CC.CCN(CC)CC.CCN(CC)CC.CCN(CC)CC.CCN(CC)CC. The molecule has 11 atom stereocenters. The number of thioether (sulfide) groups is 1. The van der Waals surface area contributed by atoms with Gasteiger partial charge in [0.15, 0.2) is 12.4 Å². The van der Waals surface area contributed by atoms with E-state index in [-0.39, 0.29) is 11.8 Å². The van der Waals surface area contributed by atoms with E-state index in [0.717, 1.165) is 6.92 Å². The topological polar surface area (TPSA) is 562 Å². The van der Waals surface area contributed by atoms with Crippen molar-refractivity contribution in [2.45, 2.75) is 225 Å². The molecule has 50 heteroatoms. The van der Waals surface area contributed by atoms with Crippen molar-refractivity contribution in [2.24, 2.45) is 0 Å². The number of ether oxygens (including phenoxy) is 3. The van der Waals surface area contributed by atoms with Gasteiger partial charge in [0.25, 0.3) is 0 Å². The van der Waals surface area contributed by atoms with Crippen molar-refractivity contribution in [3.05, 3.63) is 0 Å². The van der Waals surface area contributed by atoms with Crippen molar-refractivity contribution >= 4 is 96.4 Å². The Morgan fingerprint density at radius 1 is 0.345 bits per heavy atom. The lowest BCUT2D eigenvalue weighted by molar-refractivity contribution is -0.325. The summed E-state index contributed by atoms with van der Waals surface area (Å²) in [6.45, 7) is 68.2. The van der Waals surface area contributed by atoms with Crippen molar-refractivity contribution in [3.8, 4) is 0 Å². The fourth-order valence-electron chi connectivity index (χ4n) is 9.64. The largest absolute Gasteiger partial charge is 0.480 e. The number of carbonyl (C=O) groups is 2. The van der Waals surface area contributed by atoms with Gasteiger partial charge in [-0.25, -0.2) is 34.1 Å². The van der Waals surface area contributed by atoms with Crippen LogP contribution in [0.4, 0.5) is 0 Å². The standard InChI is InChI=1S/C18H31NO34S8.7C6H15N/c1-6(20)19-7(16(21)22)2-3-54-18-15(53-61(41,42)43)12(50-58(32,33)34)10(8(47-18)4-44-55(23,24)25)48-17-14(52-60(38,39)40)13(51-59(35,36)37)11(49-57(29,30)31)9(46-17)5-45-56(26,27)28;7*1-4-7(5-2)6-3/h7-15,17-18H,2-5H2,1H3,(H,19,20)(H,21,22)(H,23,24,25)(H,26,27,28)(H,29,30,31)(H,32,33,34)(H,35,36,37)(H,38,39,40)(H,41,42,43);7*4-6H2,1-3H3/t7?,8-,9-,10-,11-,12+,13+,14-,15-,17-,18+;;;;;;;/m1......./s1. The number of carbonyl (C=O) groups excluding carboxylic acids is 1. The Hall–Kier alpha value is -2.02. The van der Waals surface area contributed by atoms with Crippen LogP contribution in [0.3, 0.4) is 0 Å². The Morgan fingerprint density at radius 2 is 0.573 bits per heavy atom. The van der Waals surface area contributed by atoms with Crippen molar-refractivity contribution in [1.29, 1.82) is 0 Å². The van der Waals surface area contributed by atoms with Crippen LogP contribution in [0.25, 0.3) is 0 Å². The molecular weight excluding hydrogens is 1630 g/mol. The van der Waals surface area contributed by atoms with Gasteiger partial charge in [-0.2, -0.15) is 58.9 Å². The monoisotopic (exact) mass is 1770 g/mol. The summed E-state index contributed by atoms with van der Waals surface area (Å²) in [6, 6.07) is -1.72. The zero-order valence-electron chi connectivity index (χ0n) is 68.1. The van der Waals surface area contributed by atoms with Gasteiger partial charge in [0.1, 0.15) is 54.2 Å². The van der Waals surface area contributed by atoms with Crippen LogP contribution < -0.4 is 5.32 Å². The Labute approximate surface area is 662 Å². The molecule has 0 aromatic rings. The molecule has 1 unspecified atom stereocenters. The molecule has 0 radical (unpaired) electrons. The molecule has 2 rings (SSSR count). The lowest BCUT2D eigenvalue weighted by Gasteiger charge is -2.48. The van der Waals surface area contributed by atoms with Crippen LogP contribution in [0.1, 0.15) is 159 Å². The molecule has 9 N–H and O–H groups in total. The third kappa shape index (κ3) is 64.1. The quantitative estimate of drug-likeness (QED) is 0.0394. The predicted octanol–water partition coefficient (Wildman–Crippen LogP) is 3.55. The molecule has 1 amide bonds. The van der Waals surface area contributed by atoms with E-state index in [1.807, 2.05) is 5.32 Å². The summed E-state index contributed by atoms with van der Waals surface area (Å²) in [6.07, 6.45) is -27.9. The van der Waals surface area contributed by atoms with Gasteiger partial charge in [0.2, 0.25) is 5.91 Å². The molecule has 2 heterocycles. The normalized spacial score (nSPS) is 20.7. The summed E-state index contributed by atoms with van der Waals surface area (Å²) in [5.74, 6) is -3.20. The fourth-order valence-corrected chi connectivity index (χ4v) is 14.0. The molecule has 2 fully saturated rings. The first kappa shape index (κ1) is 119. The molecule has 2 aliphatic heterocycles. The highest BCUT2D eigenvalue weighted by atomic mass is 32.3. The Bertz CT molecular complexity index is 3000. The molecule has 0 bridgehead atoms. The summed E-state index contributed by atoms with van der Waals surface area (Å²) >= 11 is 0.170. The van der Waals surface area contributed by atoms with Gasteiger partial charge in [-0.3, -0.25) is 36.7 Å². The fraction of sp³-hybridized carbons (Fsp3) is 0.967. The second kappa shape index (κ2) is 64.0. The third-order valence-corrected chi connectivity index (χ3v) is 20.5. The number of hydrogen-bond donors (Lipinski definition) is 9. The van der Waals surface area contributed by atoms with Gasteiger partial charge in [-0.05, 0) is 150 Å². The van der Waals surface area contributed by atoms with E-state index in [1.165, 1.54) is 137 Å². The molecule has 2 saturated heterocycles. The van der Waals surface area contributed by atoms with E-state index in [2.05, 4.69) is 209 Å². The maximum absolute atomic E-state index is 12.1. The van der Waals surface area contributed by atoms with E-state index < -0.39 is 177 Å². The number of nitrogens with zero attached hydrogens (tertiary/aromatic N) is 7. The summed E-state index contributed by atoms with van der Waals surface area (Å²) < 4.78 is 277. The number of carboxylic acid groups (broad SMARTS) is 1. The van der Waals surface area contributed by atoms with Crippen LogP contribution in [0.2, 0.25) is 0 Å². The van der Waals surface area contributed by atoms with Gasteiger partial charge in [0.05, 0.1) is 13.2 Å². The number of hydrogen-bond acceptors (Lipinski definition) is 34. The Morgan fingerprint density at radius 3 is 0.791 bits per heavy atom. The third-order valence-electron chi connectivity index (χ3n) is 16.2. The van der Waals surface area contributed by atoms with E-state index in [0.29, 0.717) is 0 Å². The summed E-state index contributed by atoms with van der Waals surface area (Å²) in [5.41, 5.74) is -2.29. The molecule has 0 aromatic heterocycles. The van der Waals surface area contributed by atoms with Crippen molar-refractivity contribution in [1.82, 2.24) is 39.6 Å². The van der Waals surface area contributed by atoms with Gasteiger partial charge < -0.3 is 58.9 Å². The molecular formula is C60H136N8O34S8. The average molecular weight is 1770 g/mol. The number of rotatable bonds is 45. The summed E-state index contributed by atoms with van der Waals surface area (Å²) in [7, 11) is -41.7. The molecule has 2 aliphatic rings. The summed E-state index contributed by atoms with van der Waals surface area (Å²) in [5, 5.41) is 11.4. The molecule has 110 heavy (non-hydrogen) atoms. The first-order chi connectivity index (χ1) is 50.6. The smallest absolute Gasteiger partial charge is 0.397 e. The second-order valence-electron chi connectivity index (χ2n) is 22.6. The molecule has 0 aliphatic carbocycles. The van der Waals surface area contributed by atoms with Gasteiger partial charge in [0, 0.05) is 6.92 Å². The molecule has 0 spiro atoms. The maximum Gasteiger partial charge on any atom is 0.397 e. The predicted molar refractivity (Wildman–Crippen MR) is 416 cm³/mol. The lowest BCUT2D eigenvalue weighted by atomic mass is 9.97. The van der Waals surface area contributed by atoms with Crippen LogP contribution >= 0.6 is 11.8 Å². The zero-order valence-corrected chi connectivity index (χ0v) is 74.6. The van der Waals surface area contributed by atoms with Crippen molar-refractivity contribution in [2.75, 3.05) is 156 Å². The first-order valence-electron chi connectivity index (χ1n) is 36.3. The highest BCUT2D eigenvalue weighted by molar-refractivity contribution is 7.99. The number of amides is 1. The molecule has 42 nitrogen and oxygen atoms in total. The van der Waals surface area contributed by atoms with Gasteiger partial charge in [-0.1, -0.05) is 145 Å². The highest BCUT2D eigenvalue weighted by Crippen LogP contribution is 2.39. The minimum absolute atomic E-state index is 0.170. The van der Waals surface area contributed by atoms with Crippen LogP contribution in [-0.2, 0) is 126 Å².